The van der Waals surface area contributed by atoms with Crippen LogP contribution < -0.4 is 12.4 Å². The summed E-state index contributed by atoms with van der Waals surface area (Å²) < 4.78 is 0. The molecule has 1 aliphatic rings. The van der Waals surface area contributed by atoms with Crippen molar-refractivity contribution >= 4 is 10.9 Å². The van der Waals surface area contributed by atoms with E-state index in [1.165, 1.54) is 0 Å². The zero-order valence-electron chi connectivity index (χ0n) is 11.2. The minimum atomic E-state index is -1.70. The van der Waals surface area contributed by atoms with E-state index in [0.717, 1.165) is 0 Å². The number of aliphatic hydroxyl groups excluding tert-OH is 8. The number of rotatable bonds is 7. The Morgan fingerprint density at radius 3 is 1.95 bits per heavy atom. The number of hydrogen-bond acceptors (Lipinski definition) is 8. The van der Waals surface area contributed by atoms with E-state index >= 15 is 0 Å². The summed E-state index contributed by atoms with van der Waals surface area (Å²) in [6.45, 7) is -1.11. The first-order valence-electron chi connectivity index (χ1n) is 6.29. The number of aliphatic hydroxyl groups is 8. The Balaban J connectivity index is 0.00000400. The van der Waals surface area contributed by atoms with E-state index in [1.54, 1.807) is 0 Å². The Morgan fingerprint density at radius 1 is 0.952 bits per heavy atom. The van der Waals surface area contributed by atoms with Crippen LogP contribution in [0.2, 0.25) is 0 Å². The molecule has 0 radical (unpaired) electrons. The average Bonchev–Trinajstić information content (AvgIpc) is 2.70. The van der Waals surface area contributed by atoms with Crippen LogP contribution in [-0.4, -0.2) is 107 Å². The van der Waals surface area contributed by atoms with Crippen LogP contribution >= 0.6 is 0 Å². The van der Waals surface area contributed by atoms with Crippen molar-refractivity contribution in [3.05, 3.63) is 0 Å². The molecule has 1 heterocycles. The number of hydrogen-bond donors (Lipinski definition) is 8. The van der Waals surface area contributed by atoms with Crippen LogP contribution in [0.25, 0.3) is 0 Å². The first kappa shape index (κ1) is 21.3. The SMILES string of the molecule is OC[C@@H]1[C@@H](O)[C@H](O)C[S+]1C[C@@H](O)[C@@H](O)[C@H](O)[C@@H](O)CO.[Cl-]. The molecule has 8 atom stereocenters. The Morgan fingerprint density at radius 2 is 1.48 bits per heavy atom. The second kappa shape index (κ2) is 9.46. The van der Waals surface area contributed by atoms with Crippen LogP contribution in [0.4, 0.5) is 0 Å². The smallest absolute Gasteiger partial charge is 0.169 e. The molecule has 8 N–H and O–H groups in total. The van der Waals surface area contributed by atoms with Gasteiger partial charge < -0.3 is 53.3 Å². The predicted molar refractivity (Wildman–Crippen MR) is 71.1 cm³/mol. The quantitative estimate of drug-likeness (QED) is 0.210. The second-order valence-electron chi connectivity index (χ2n) is 4.95. The third-order valence-corrected chi connectivity index (χ3v) is 6.30. The van der Waals surface area contributed by atoms with Gasteiger partial charge in [-0.1, -0.05) is 0 Å². The van der Waals surface area contributed by atoms with Gasteiger partial charge in [0.05, 0.1) is 13.2 Å². The molecule has 0 aromatic carbocycles. The lowest BCUT2D eigenvalue weighted by atomic mass is 10.0. The first-order chi connectivity index (χ1) is 9.33. The molecule has 8 nitrogen and oxygen atoms in total. The summed E-state index contributed by atoms with van der Waals surface area (Å²) in [6.07, 6.45) is -8.42. The molecule has 0 aromatic rings. The van der Waals surface area contributed by atoms with Gasteiger partial charge in [0.1, 0.15) is 48.1 Å². The van der Waals surface area contributed by atoms with Gasteiger partial charge in [0.15, 0.2) is 5.25 Å². The molecule has 0 bridgehead atoms. The lowest BCUT2D eigenvalue weighted by molar-refractivity contribution is -0.109. The Labute approximate surface area is 131 Å². The predicted octanol–water partition coefficient (Wildman–Crippen LogP) is -7.86. The first-order valence-corrected chi connectivity index (χ1v) is 7.92. The van der Waals surface area contributed by atoms with Gasteiger partial charge >= 0.3 is 0 Å². The van der Waals surface area contributed by atoms with Gasteiger partial charge in [0.25, 0.3) is 0 Å². The Bertz CT molecular complexity index is 299. The maximum absolute atomic E-state index is 9.84. The van der Waals surface area contributed by atoms with Crippen LogP contribution in [0.1, 0.15) is 0 Å². The third-order valence-electron chi connectivity index (χ3n) is 3.48. The highest BCUT2D eigenvalue weighted by Gasteiger charge is 2.50. The average molecular weight is 351 g/mol. The monoisotopic (exact) mass is 350 g/mol. The zero-order chi connectivity index (χ0) is 15.4. The molecule has 0 saturated carbocycles. The van der Waals surface area contributed by atoms with E-state index in [0.29, 0.717) is 0 Å². The van der Waals surface area contributed by atoms with Crippen LogP contribution in [-0.2, 0) is 10.9 Å². The van der Waals surface area contributed by atoms with E-state index < -0.39 is 59.4 Å². The van der Waals surface area contributed by atoms with Crippen molar-refractivity contribution in [3.63, 3.8) is 0 Å². The molecule has 21 heavy (non-hydrogen) atoms. The van der Waals surface area contributed by atoms with Crippen molar-refractivity contribution in [1.82, 2.24) is 0 Å². The molecule has 0 spiro atoms. The summed E-state index contributed by atoms with van der Waals surface area (Å²) >= 11 is 0. The van der Waals surface area contributed by atoms with Crippen LogP contribution in [0.15, 0.2) is 0 Å². The highest BCUT2D eigenvalue weighted by molar-refractivity contribution is 7.97. The molecule has 0 aliphatic carbocycles. The van der Waals surface area contributed by atoms with Gasteiger partial charge in [-0.15, -0.1) is 0 Å². The largest absolute Gasteiger partial charge is 1.00 e. The van der Waals surface area contributed by atoms with E-state index in [2.05, 4.69) is 0 Å². The fraction of sp³-hybridized carbons (Fsp3) is 1.00. The van der Waals surface area contributed by atoms with E-state index in [9.17, 15) is 35.7 Å². The lowest BCUT2D eigenvalue weighted by Gasteiger charge is -2.25. The standard InChI is InChI=1S/C11H23O8S.ClH/c12-1-5(14)10(18)11(19)7(16)4-20-3-6(15)9(17)8(20)2-13;/h5-19H,1-4H2;1H/q+1;/p-1/t5-,6+,7+,8+,9-,10+,11+,20?;/m0./s1. The number of halogens is 1. The van der Waals surface area contributed by atoms with Gasteiger partial charge in [0.2, 0.25) is 0 Å². The summed E-state index contributed by atoms with van der Waals surface area (Å²) in [6, 6.07) is 0. The van der Waals surface area contributed by atoms with Gasteiger partial charge in [0, 0.05) is 10.9 Å². The summed E-state index contributed by atoms with van der Waals surface area (Å²) in [7, 11) is -0.723. The zero-order valence-corrected chi connectivity index (χ0v) is 12.8. The fourth-order valence-electron chi connectivity index (χ4n) is 2.17. The third kappa shape index (κ3) is 5.17. The molecular weight excluding hydrogens is 328 g/mol. The van der Waals surface area contributed by atoms with E-state index in [4.69, 9.17) is 5.11 Å². The molecule has 128 valence electrons. The van der Waals surface area contributed by atoms with Crippen LogP contribution in [0, 0.1) is 0 Å². The minimum absolute atomic E-state index is 0. The molecule has 1 unspecified atom stereocenters. The lowest BCUT2D eigenvalue weighted by Crippen LogP contribution is -3.00. The topological polar surface area (TPSA) is 162 Å². The molecular formula is C11H23ClO8S. The normalized spacial score (nSPS) is 34.9. The highest BCUT2D eigenvalue weighted by Crippen LogP contribution is 2.25. The molecule has 1 rings (SSSR count). The molecule has 1 aliphatic heterocycles. The van der Waals surface area contributed by atoms with Crippen LogP contribution in [0.5, 0.6) is 0 Å². The van der Waals surface area contributed by atoms with Crippen LogP contribution in [0.3, 0.4) is 0 Å². The summed E-state index contributed by atoms with van der Waals surface area (Å²) in [5.74, 6) is 0.157. The van der Waals surface area contributed by atoms with Crippen molar-refractivity contribution in [2.75, 3.05) is 24.7 Å². The molecule has 1 saturated heterocycles. The highest BCUT2D eigenvalue weighted by atomic mass is 35.5. The van der Waals surface area contributed by atoms with E-state index in [1.807, 2.05) is 0 Å². The van der Waals surface area contributed by atoms with Gasteiger partial charge in [-0.2, -0.15) is 0 Å². The molecule has 1 fully saturated rings. The van der Waals surface area contributed by atoms with Crippen molar-refractivity contribution in [3.8, 4) is 0 Å². The van der Waals surface area contributed by atoms with Gasteiger partial charge in [-0.05, 0) is 0 Å². The second-order valence-corrected chi connectivity index (χ2v) is 7.30. The molecule has 10 heteroatoms. The molecule has 0 aromatic heterocycles. The maximum atomic E-state index is 9.84. The minimum Gasteiger partial charge on any atom is -1.00 e. The van der Waals surface area contributed by atoms with Crippen molar-refractivity contribution < 1.29 is 53.3 Å². The van der Waals surface area contributed by atoms with Crippen molar-refractivity contribution in [2.24, 2.45) is 0 Å². The Hall–Kier alpha value is 0.320. The molecule has 0 amide bonds. The fourth-order valence-corrected chi connectivity index (χ4v) is 4.86. The van der Waals surface area contributed by atoms with Gasteiger partial charge in [-0.3, -0.25) is 0 Å². The van der Waals surface area contributed by atoms with Gasteiger partial charge in [-0.25, -0.2) is 0 Å². The summed E-state index contributed by atoms with van der Waals surface area (Å²) in [5, 5.41) is 74.7. The maximum Gasteiger partial charge on any atom is 0.169 e. The summed E-state index contributed by atoms with van der Waals surface area (Å²) in [5.41, 5.74) is 0. The van der Waals surface area contributed by atoms with Crippen molar-refractivity contribution in [2.45, 2.75) is 41.9 Å². The Kier molecular flexibility index (Phi) is 9.60. The van der Waals surface area contributed by atoms with Crippen molar-refractivity contribution in [1.29, 1.82) is 0 Å². The van der Waals surface area contributed by atoms with E-state index in [-0.39, 0.29) is 30.5 Å². The summed E-state index contributed by atoms with van der Waals surface area (Å²) in [4.78, 5) is 0.